The maximum absolute atomic E-state index is 4.36. The van der Waals surface area contributed by atoms with E-state index in [9.17, 15) is 0 Å². The molecule has 0 aliphatic carbocycles. The summed E-state index contributed by atoms with van der Waals surface area (Å²) in [5.41, 5.74) is 1.03. The third-order valence-electron chi connectivity index (χ3n) is 1.99. The van der Waals surface area contributed by atoms with Gasteiger partial charge in [0.15, 0.2) is 0 Å². The Morgan fingerprint density at radius 3 is 2.86 bits per heavy atom. The van der Waals surface area contributed by atoms with Crippen LogP contribution in [0.25, 0.3) is 10.9 Å². The predicted octanol–water partition coefficient (Wildman–Crippen LogP) is 1.13. The number of fused-ring (bicyclic) bond motifs is 1. The fourth-order valence-electron chi connectivity index (χ4n) is 1.49. The summed E-state index contributed by atoms with van der Waals surface area (Å²) in [5.74, 6) is 0. The first kappa shape index (κ1) is 9.95. The molecule has 0 fully saturated rings. The van der Waals surface area contributed by atoms with Crippen LogP contribution in [0.5, 0.6) is 0 Å². The summed E-state index contributed by atoms with van der Waals surface area (Å²) in [6, 6.07) is 0. The number of aromatic nitrogens is 3. The Labute approximate surface area is 93.7 Å². The topological polar surface area (TPSA) is 30.7 Å². The number of pyridine rings is 1. The van der Waals surface area contributed by atoms with Gasteiger partial charge in [0, 0.05) is 0 Å². The SMILES string of the molecule is C[CH](C)[Sn][c]1cncc2nn(C)cc12. The molecule has 0 N–H and O–H groups in total. The van der Waals surface area contributed by atoms with Crippen molar-refractivity contribution < 1.29 is 0 Å². The van der Waals surface area contributed by atoms with E-state index in [2.05, 4.69) is 30.1 Å². The number of aryl methyl sites for hydroxylation is 1. The molecule has 72 valence electrons. The molecule has 0 bridgehead atoms. The van der Waals surface area contributed by atoms with E-state index >= 15 is 0 Å². The zero-order chi connectivity index (χ0) is 10.1. The van der Waals surface area contributed by atoms with E-state index in [1.807, 2.05) is 24.1 Å². The first-order valence-corrected chi connectivity index (χ1v) is 7.78. The molecule has 4 heteroatoms. The average Bonchev–Trinajstić information content (AvgIpc) is 2.45. The van der Waals surface area contributed by atoms with Crippen molar-refractivity contribution in [2.24, 2.45) is 7.05 Å². The van der Waals surface area contributed by atoms with Crippen LogP contribution < -0.4 is 3.58 Å². The van der Waals surface area contributed by atoms with Gasteiger partial charge in [0.1, 0.15) is 0 Å². The van der Waals surface area contributed by atoms with Crippen LogP contribution in [0.1, 0.15) is 13.8 Å². The molecule has 14 heavy (non-hydrogen) atoms. The van der Waals surface area contributed by atoms with Crippen LogP contribution in [-0.4, -0.2) is 35.9 Å². The Bertz CT molecular complexity index is 448. The minimum atomic E-state index is -0.485. The fourth-order valence-corrected chi connectivity index (χ4v) is 4.68. The molecule has 0 aliphatic rings. The van der Waals surface area contributed by atoms with Crippen molar-refractivity contribution in [2.75, 3.05) is 0 Å². The van der Waals surface area contributed by atoms with E-state index < -0.39 is 21.1 Å². The molecule has 0 aliphatic heterocycles. The Kier molecular flexibility index (Phi) is 2.76. The normalized spacial score (nSPS) is 11.4. The monoisotopic (exact) mass is 295 g/mol. The fraction of sp³-hybridized carbons (Fsp3) is 0.400. The summed E-state index contributed by atoms with van der Waals surface area (Å²) in [4.78, 5) is 4.25. The van der Waals surface area contributed by atoms with Crippen LogP contribution in [0, 0.1) is 0 Å². The van der Waals surface area contributed by atoms with Crippen molar-refractivity contribution in [1.29, 1.82) is 0 Å². The Balaban J connectivity index is 2.53. The van der Waals surface area contributed by atoms with Gasteiger partial charge in [-0.05, 0) is 0 Å². The Hall–Kier alpha value is -0.581. The summed E-state index contributed by atoms with van der Waals surface area (Å²) in [6.45, 7) is 4.59. The van der Waals surface area contributed by atoms with E-state index in [0.717, 1.165) is 9.45 Å². The van der Waals surface area contributed by atoms with E-state index in [1.54, 1.807) is 0 Å². The van der Waals surface area contributed by atoms with Gasteiger partial charge in [0.2, 0.25) is 0 Å². The van der Waals surface area contributed by atoms with E-state index in [-0.39, 0.29) is 0 Å². The third kappa shape index (κ3) is 1.92. The van der Waals surface area contributed by atoms with Crippen LogP contribution in [0.2, 0.25) is 3.93 Å². The van der Waals surface area contributed by atoms with Crippen molar-refractivity contribution in [2.45, 2.75) is 17.8 Å². The van der Waals surface area contributed by atoms with Crippen LogP contribution in [0.15, 0.2) is 18.6 Å². The number of nitrogens with zero attached hydrogens (tertiary/aromatic N) is 3. The van der Waals surface area contributed by atoms with Gasteiger partial charge >= 0.3 is 93.8 Å². The summed E-state index contributed by atoms with van der Waals surface area (Å²) < 4.78 is 4.16. The summed E-state index contributed by atoms with van der Waals surface area (Å²) in [6.07, 6.45) is 5.98. The second-order valence-corrected chi connectivity index (χ2v) is 9.38. The van der Waals surface area contributed by atoms with Crippen LogP contribution in [0.4, 0.5) is 0 Å². The number of hydrogen-bond acceptors (Lipinski definition) is 2. The Morgan fingerprint density at radius 1 is 1.36 bits per heavy atom. The molecule has 0 spiro atoms. The zero-order valence-electron chi connectivity index (χ0n) is 8.65. The van der Waals surface area contributed by atoms with Crippen molar-refractivity contribution in [1.82, 2.24) is 14.8 Å². The molecule has 3 nitrogen and oxygen atoms in total. The molecule has 0 unspecified atom stereocenters. The van der Waals surface area contributed by atoms with Crippen molar-refractivity contribution in [3.8, 4) is 0 Å². The molecule has 0 saturated heterocycles. The van der Waals surface area contributed by atoms with Crippen LogP contribution in [-0.2, 0) is 7.05 Å². The standard InChI is InChI=1S/C7H6N3.C3H7.Sn/c1-10-5-6-2-3-8-4-7(6)9-10;1-3-2;/h3-5H,1H3;3H,1-2H3;. The second-order valence-electron chi connectivity index (χ2n) is 3.72. The van der Waals surface area contributed by atoms with Gasteiger partial charge in [-0.1, -0.05) is 0 Å². The molecule has 0 saturated carbocycles. The predicted molar refractivity (Wildman–Crippen MR) is 59.0 cm³/mol. The Morgan fingerprint density at radius 2 is 2.14 bits per heavy atom. The van der Waals surface area contributed by atoms with E-state index in [0.29, 0.717) is 0 Å². The summed E-state index contributed by atoms with van der Waals surface area (Å²) >= 11 is -0.485. The van der Waals surface area contributed by atoms with E-state index in [4.69, 9.17) is 0 Å². The zero-order valence-corrected chi connectivity index (χ0v) is 11.5. The first-order chi connectivity index (χ1) is 6.66. The van der Waals surface area contributed by atoms with Gasteiger partial charge in [0.05, 0.1) is 0 Å². The second kappa shape index (κ2) is 3.88. The van der Waals surface area contributed by atoms with Crippen LogP contribution in [0.3, 0.4) is 0 Å². The van der Waals surface area contributed by atoms with Crippen molar-refractivity contribution in [3.63, 3.8) is 0 Å². The summed E-state index contributed by atoms with van der Waals surface area (Å²) in [7, 11) is 1.96. The molecule has 2 heterocycles. The maximum atomic E-state index is 4.36. The van der Waals surface area contributed by atoms with Gasteiger partial charge in [-0.2, -0.15) is 0 Å². The quantitative estimate of drug-likeness (QED) is 0.777. The van der Waals surface area contributed by atoms with Gasteiger partial charge in [-0.15, -0.1) is 0 Å². The molecule has 0 atom stereocenters. The number of rotatable bonds is 2. The van der Waals surface area contributed by atoms with Gasteiger partial charge in [0.25, 0.3) is 0 Å². The molecule has 2 radical (unpaired) electrons. The summed E-state index contributed by atoms with van der Waals surface area (Å²) in [5, 5.41) is 5.67. The molecule has 2 aromatic heterocycles. The van der Waals surface area contributed by atoms with Crippen molar-refractivity contribution in [3.05, 3.63) is 18.6 Å². The van der Waals surface area contributed by atoms with Crippen molar-refractivity contribution >= 4 is 35.6 Å². The van der Waals surface area contributed by atoms with Gasteiger partial charge in [-0.3, -0.25) is 0 Å². The molecule has 2 aromatic rings. The third-order valence-corrected chi connectivity index (χ3v) is 5.66. The molecule has 0 amide bonds. The average molecular weight is 294 g/mol. The van der Waals surface area contributed by atoms with Gasteiger partial charge in [-0.25, -0.2) is 0 Å². The molecule has 2 rings (SSSR count). The minimum absolute atomic E-state index is 0.485. The number of hydrogen-bond donors (Lipinski definition) is 0. The van der Waals surface area contributed by atoms with E-state index in [1.165, 1.54) is 8.97 Å². The molecular formula is C10H13N3Sn. The molecular weight excluding hydrogens is 281 g/mol. The van der Waals surface area contributed by atoms with Gasteiger partial charge < -0.3 is 0 Å². The molecule has 0 aromatic carbocycles. The first-order valence-electron chi connectivity index (χ1n) is 4.70. The van der Waals surface area contributed by atoms with Crippen LogP contribution >= 0.6 is 0 Å².